The molecular formula is C28H33BClN5O2S. The van der Waals surface area contributed by atoms with Gasteiger partial charge in [-0.3, -0.25) is 0 Å². The van der Waals surface area contributed by atoms with E-state index in [1.165, 1.54) is 0 Å². The second kappa shape index (κ2) is 10.5. The lowest BCUT2D eigenvalue weighted by Gasteiger charge is -2.32. The van der Waals surface area contributed by atoms with Crippen LogP contribution in [0.1, 0.15) is 57.7 Å². The molecule has 1 aliphatic carbocycles. The van der Waals surface area contributed by atoms with E-state index in [-0.39, 0.29) is 11.3 Å². The molecule has 0 spiro atoms. The predicted molar refractivity (Wildman–Crippen MR) is 155 cm³/mol. The first-order chi connectivity index (χ1) is 18.0. The molecule has 0 saturated carbocycles. The van der Waals surface area contributed by atoms with Gasteiger partial charge in [-0.1, -0.05) is 56.7 Å². The van der Waals surface area contributed by atoms with E-state index >= 15 is 0 Å². The van der Waals surface area contributed by atoms with Crippen LogP contribution in [-0.2, 0) is 15.4 Å². The first-order valence-electron chi connectivity index (χ1n) is 13.1. The zero-order valence-electron chi connectivity index (χ0n) is 22.1. The fourth-order valence-corrected chi connectivity index (χ4v) is 6.89. The lowest BCUT2D eigenvalue weighted by molar-refractivity contribution is 0.275. The summed E-state index contributed by atoms with van der Waals surface area (Å²) in [5.74, 6) is 0.889. The Kier molecular flexibility index (Phi) is 7.46. The first-order valence-corrected chi connectivity index (χ1v) is 14.9. The summed E-state index contributed by atoms with van der Waals surface area (Å²) in [6, 6.07) is 9.23. The average Bonchev–Trinajstić information content (AvgIpc) is 3.28. The maximum atomic E-state index is 13.4. The molecule has 10 heteroatoms. The van der Waals surface area contributed by atoms with Gasteiger partial charge in [-0.2, -0.15) is 13.9 Å². The lowest BCUT2D eigenvalue weighted by Crippen LogP contribution is -2.41. The molecule has 2 aromatic heterocycles. The van der Waals surface area contributed by atoms with Gasteiger partial charge < -0.3 is 5.32 Å². The van der Waals surface area contributed by atoms with Crippen LogP contribution in [0.5, 0.6) is 0 Å². The Balaban J connectivity index is 1.33. The van der Waals surface area contributed by atoms with Crippen LogP contribution < -0.4 is 10.8 Å². The van der Waals surface area contributed by atoms with E-state index in [4.69, 9.17) is 24.4 Å². The molecule has 3 heterocycles. The highest BCUT2D eigenvalue weighted by atomic mass is 35.5. The summed E-state index contributed by atoms with van der Waals surface area (Å²) < 4.78 is 30.2. The Morgan fingerprint density at radius 1 is 1.16 bits per heavy atom. The van der Waals surface area contributed by atoms with Gasteiger partial charge in [0, 0.05) is 42.5 Å². The number of rotatable bonds is 6. The smallest absolute Gasteiger partial charge is 0.243 e. The molecule has 5 rings (SSSR count). The number of hydrogen-bond acceptors (Lipinski definition) is 5. The number of piperidine rings is 1. The number of nitrogens with one attached hydrogen (secondary N) is 1. The fraction of sp³-hybridized carbons (Fsp3) is 0.429. The highest BCUT2D eigenvalue weighted by molar-refractivity contribution is 7.89. The van der Waals surface area contributed by atoms with Crippen molar-refractivity contribution in [2.75, 3.05) is 25.0 Å². The van der Waals surface area contributed by atoms with E-state index in [9.17, 15) is 8.42 Å². The minimum atomic E-state index is -3.57. The largest absolute Gasteiger partial charge is 0.370 e. The van der Waals surface area contributed by atoms with Crippen molar-refractivity contribution in [3.05, 3.63) is 65.0 Å². The van der Waals surface area contributed by atoms with E-state index in [0.29, 0.717) is 40.7 Å². The third kappa shape index (κ3) is 5.42. The minimum absolute atomic E-state index is 0.0309. The third-order valence-corrected chi connectivity index (χ3v) is 9.52. The van der Waals surface area contributed by atoms with Crippen LogP contribution in [0.15, 0.2) is 58.6 Å². The number of benzene rings is 1. The number of halogens is 1. The van der Waals surface area contributed by atoms with Crippen molar-refractivity contribution < 1.29 is 8.42 Å². The SMILES string of the molecule is [B]c1cnn2c(NCC3CCCN(S(=O)(=O)c4ccc(C(C)(C)C)cc4)C3)cc(C3=CCCC=C3Cl)nc12. The molecule has 1 saturated heterocycles. The Labute approximate surface area is 231 Å². The van der Waals surface area contributed by atoms with Crippen molar-refractivity contribution in [2.24, 2.45) is 5.92 Å². The number of anilines is 1. The number of fused-ring (bicyclic) bond motifs is 1. The lowest BCUT2D eigenvalue weighted by atomic mass is 9.87. The third-order valence-electron chi connectivity index (χ3n) is 7.28. The zero-order valence-corrected chi connectivity index (χ0v) is 23.7. The van der Waals surface area contributed by atoms with Gasteiger partial charge in [-0.25, -0.2) is 13.4 Å². The molecule has 2 radical (unpaired) electrons. The van der Waals surface area contributed by atoms with Crippen molar-refractivity contribution in [3.63, 3.8) is 0 Å². The van der Waals surface area contributed by atoms with Gasteiger partial charge in [0.15, 0.2) is 5.65 Å². The highest BCUT2D eigenvalue weighted by Gasteiger charge is 2.30. The van der Waals surface area contributed by atoms with Crippen LogP contribution in [0.4, 0.5) is 5.82 Å². The van der Waals surface area contributed by atoms with Crippen LogP contribution in [0.2, 0.25) is 0 Å². The van der Waals surface area contributed by atoms with Crippen LogP contribution in [0, 0.1) is 5.92 Å². The van der Waals surface area contributed by atoms with Crippen LogP contribution in [0.25, 0.3) is 11.2 Å². The van der Waals surface area contributed by atoms with Gasteiger partial charge in [-0.05, 0) is 60.2 Å². The quantitative estimate of drug-likeness (QED) is 0.454. The molecule has 1 fully saturated rings. The Morgan fingerprint density at radius 2 is 1.89 bits per heavy atom. The number of sulfonamides is 1. The summed E-state index contributed by atoms with van der Waals surface area (Å²) in [7, 11) is 2.59. The van der Waals surface area contributed by atoms with Gasteiger partial charge in [0.2, 0.25) is 10.0 Å². The van der Waals surface area contributed by atoms with Gasteiger partial charge in [0.25, 0.3) is 0 Å². The summed E-state index contributed by atoms with van der Waals surface area (Å²) in [6.07, 6.45) is 9.24. The summed E-state index contributed by atoms with van der Waals surface area (Å²) in [6.45, 7) is 7.93. The van der Waals surface area contributed by atoms with Gasteiger partial charge in [-0.15, -0.1) is 0 Å². The molecule has 1 unspecified atom stereocenters. The molecule has 1 aliphatic heterocycles. The predicted octanol–water partition coefficient (Wildman–Crippen LogP) is 4.63. The van der Waals surface area contributed by atoms with Crippen LogP contribution >= 0.6 is 11.6 Å². The normalized spacial score (nSPS) is 19.3. The Morgan fingerprint density at radius 3 is 2.61 bits per heavy atom. The summed E-state index contributed by atoms with van der Waals surface area (Å²) >= 11 is 6.49. The van der Waals surface area contributed by atoms with Crippen LogP contribution in [0.3, 0.4) is 0 Å². The number of nitrogens with zero attached hydrogens (tertiary/aromatic N) is 4. The molecule has 1 N–H and O–H groups in total. The molecule has 0 bridgehead atoms. The fourth-order valence-electron chi connectivity index (χ4n) is 5.05. The zero-order chi connectivity index (χ0) is 27.1. The minimum Gasteiger partial charge on any atom is -0.370 e. The van der Waals surface area contributed by atoms with E-state index in [1.54, 1.807) is 27.2 Å². The standard InChI is InChI=1S/C28H33BClN5O2S/c1-28(2,3)20-10-12-21(13-11-20)38(36,37)34-14-6-7-19(18-34)16-31-26-15-25(22-8-4-5-9-24(22)30)33-27-23(29)17-32-35(26)27/h8-13,15,17,19,31H,4-7,14,16,18H2,1-3H3. The van der Waals surface area contributed by atoms with Crippen molar-refractivity contribution in [3.8, 4) is 0 Å². The molecular weight excluding hydrogens is 517 g/mol. The second-order valence-corrected chi connectivity index (χ2v) is 13.5. The van der Waals surface area contributed by atoms with Crippen molar-refractivity contribution in [1.29, 1.82) is 0 Å². The van der Waals surface area contributed by atoms with Gasteiger partial charge >= 0.3 is 0 Å². The number of aromatic nitrogens is 3. The molecule has 7 nitrogen and oxygen atoms in total. The Bertz CT molecular complexity index is 1510. The van der Waals surface area contributed by atoms with E-state index < -0.39 is 10.0 Å². The topological polar surface area (TPSA) is 79.6 Å². The average molecular weight is 550 g/mol. The summed E-state index contributed by atoms with van der Waals surface area (Å²) in [5, 5.41) is 8.57. The summed E-state index contributed by atoms with van der Waals surface area (Å²) in [4.78, 5) is 5.06. The Hall–Kier alpha value is -2.62. The van der Waals surface area contributed by atoms with Gasteiger partial charge in [0.1, 0.15) is 13.7 Å². The van der Waals surface area contributed by atoms with Gasteiger partial charge in [0.05, 0.1) is 10.6 Å². The van der Waals surface area contributed by atoms with Crippen LogP contribution in [-0.4, -0.2) is 54.8 Å². The highest BCUT2D eigenvalue weighted by Crippen LogP contribution is 2.32. The maximum absolute atomic E-state index is 13.4. The van der Waals surface area contributed by atoms with Crippen molar-refractivity contribution in [2.45, 2.75) is 56.8 Å². The molecule has 1 atom stereocenters. The molecule has 1 aromatic carbocycles. The summed E-state index contributed by atoms with van der Waals surface area (Å²) in [5.41, 5.74) is 3.75. The van der Waals surface area contributed by atoms with Crippen molar-refractivity contribution in [1.82, 2.24) is 18.9 Å². The molecule has 2 aliphatic rings. The molecule has 198 valence electrons. The van der Waals surface area contributed by atoms with E-state index in [1.807, 2.05) is 24.3 Å². The maximum Gasteiger partial charge on any atom is 0.243 e. The van der Waals surface area contributed by atoms with Crippen molar-refractivity contribution >= 4 is 52.0 Å². The molecule has 38 heavy (non-hydrogen) atoms. The number of hydrogen-bond donors (Lipinski definition) is 1. The van der Waals surface area contributed by atoms with E-state index in [0.717, 1.165) is 48.3 Å². The first kappa shape index (κ1) is 27.0. The molecule has 3 aromatic rings. The molecule has 0 amide bonds. The monoisotopic (exact) mass is 549 g/mol. The number of allylic oxidation sites excluding steroid dienone is 4. The van der Waals surface area contributed by atoms with E-state index in [2.05, 4.69) is 37.3 Å². The second-order valence-electron chi connectivity index (χ2n) is 11.1.